The molecular weight excluding hydrogens is 224 g/mol. The van der Waals surface area contributed by atoms with Gasteiger partial charge in [0.05, 0.1) is 6.07 Å². The third-order valence-electron chi connectivity index (χ3n) is 3.83. The summed E-state index contributed by atoms with van der Waals surface area (Å²) < 4.78 is 0. The second kappa shape index (κ2) is 4.81. The third kappa shape index (κ3) is 2.11. The van der Waals surface area contributed by atoms with E-state index in [1.54, 1.807) is 0 Å². The average molecular weight is 242 g/mol. The standard InChI is InChI=1S/C15H18N2O/c1-11-6-5-7-12(2)13(11)17-14(18)15(10-16)8-3-4-9-15/h5-7H,3-4,8-9H2,1-2H3,(H,17,18). The lowest BCUT2D eigenvalue weighted by Crippen LogP contribution is -2.32. The Kier molecular flexibility index (Phi) is 3.38. The quantitative estimate of drug-likeness (QED) is 0.864. The Morgan fingerprint density at radius 1 is 1.28 bits per heavy atom. The van der Waals surface area contributed by atoms with E-state index in [1.807, 2.05) is 32.0 Å². The van der Waals surface area contributed by atoms with Crippen LogP contribution in [0.4, 0.5) is 5.69 Å². The van der Waals surface area contributed by atoms with Crippen LogP contribution in [-0.4, -0.2) is 5.91 Å². The van der Waals surface area contributed by atoms with E-state index in [1.165, 1.54) is 0 Å². The Labute approximate surface area is 108 Å². The van der Waals surface area contributed by atoms with Crippen LogP contribution in [0.2, 0.25) is 0 Å². The molecule has 0 atom stereocenters. The third-order valence-corrected chi connectivity index (χ3v) is 3.83. The number of carbonyl (C=O) groups excluding carboxylic acids is 1. The molecule has 0 radical (unpaired) electrons. The summed E-state index contributed by atoms with van der Waals surface area (Å²) in [6.45, 7) is 3.94. The van der Waals surface area contributed by atoms with Gasteiger partial charge in [0, 0.05) is 5.69 Å². The summed E-state index contributed by atoms with van der Waals surface area (Å²) in [7, 11) is 0. The van der Waals surface area contributed by atoms with Crippen molar-refractivity contribution in [2.45, 2.75) is 39.5 Å². The van der Waals surface area contributed by atoms with E-state index in [4.69, 9.17) is 0 Å². The maximum absolute atomic E-state index is 12.3. The normalized spacial score (nSPS) is 17.2. The van der Waals surface area contributed by atoms with Crippen molar-refractivity contribution < 1.29 is 4.79 Å². The SMILES string of the molecule is Cc1cccc(C)c1NC(=O)C1(C#N)CCCC1. The van der Waals surface area contributed by atoms with Gasteiger partial charge >= 0.3 is 0 Å². The van der Waals surface area contributed by atoms with E-state index >= 15 is 0 Å². The number of benzene rings is 1. The fourth-order valence-electron chi connectivity index (χ4n) is 2.61. The van der Waals surface area contributed by atoms with E-state index < -0.39 is 5.41 Å². The molecule has 1 aromatic rings. The number of rotatable bonds is 2. The van der Waals surface area contributed by atoms with Gasteiger partial charge in [-0.1, -0.05) is 31.0 Å². The highest BCUT2D eigenvalue weighted by Crippen LogP contribution is 2.38. The second-order valence-electron chi connectivity index (χ2n) is 5.12. The molecule has 3 heteroatoms. The first kappa shape index (κ1) is 12.6. The topological polar surface area (TPSA) is 52.9 Å². The molecule has 0 aromatic heterocycles. The molecule has 1 amide bonds. The highest BCUT2D eigenvalue weighted by molar-refractivity contribution is 5.98. The highest BCUT2D eigenvalue weighted by atomic mass is 16.2. The molecule has 0 unspecified atom stereocenters. The molecule has 0 bridgehead atoms. The Morgan fingerprint density at radius 2 is 1.83 bits per heavy atom. The number of nitrogens with zero attached hydrogens (tertiary/aromatic N) is 1. The van der Waals surface area contributed by atoms with Crippen LogP contribution < -0.4 is 5.32 Å². The van der Waals surface area contributed by atoms with Gasteiger partial charge in [-0.05, 0) is 37.8 Å². The van der Waals surface area contributed by atoms with Gasteiger partial charge < -0.3 is 5.32 Å². The Bertz CT molecular complexity index is 487. The van der Waals surface area contributed by atoms with Crippen molar-refractivity contribution in [3.8, 4) is 6.07 Å². The molecule has 1 aliphatic carbocycles. The van der Waals surface area contributed by atoms with E-state index in [0.717, 1.165) is 29.7 Å². The molecule has 1 fully saturated rings. The molecule has 18 heavy (non-hydrogen) atoms. The van der Waals surface area contributed by atoms with Gasteiger partial charge in [0.2, 0.25) is 5.91 Å². The van der Waals surface area contributed by atoms with Crippen LogP contribution in [0.3, 0.4) is 0 Å². The monoisotopic (exact) mass is 242 g/mol. The predicted octanol–water partition coefficient (Wildman–Crippen LogP) is 3.33. The molecule has 0 aliphatic heterocycles. The second-order valence-corrected chi connectivity index (χ2v) is 5.12. The lowest BCUT2D eigenvalue weighted by molar-refractivity contribution is -0.122. The minimum absolute atomic E-state index is 0.139. The fraction of sp³-hybridized carbons (Fsp3) is 0.467. The van der Waals surface area contributed by atoms with Gasteiger partial charge in [0.1, 0.15) is 5.41 Å². The number of aryl methyl sites for hydroxylation is 2. The van der Waals surface area contributed by atoms with Gasteiger partial charge in [-0.2, -0.15) is 5.26 Å². The minimum Gasteiger partial charge on any atom is -0.324 e. The first-order chi connectivity index (χ1) is 8.59. The lowest BCUT2D eigenvalue weighted by Gasteiger charge is -2.21. The number of para-hydroxylation sites is 1. The largest absolute Gasteiger partial charge is 0.324 e. The summed E-state index contributed by atoms with van der Waals surface area (Å²) in [5, 5.41) is 12.2. The lowest BCUT2D eigenvalue weighted by atomic mass is 9.87. The van der Waals surface area contributed by atoms with Crippen molar-refractivity contribution >= 4 is 11.6 Å². The van der Waals surface area contributed by atoms with Gasteiger partial charge in [-0.15, -0.1) is 0 Å². The summed E-state index contributed by atoms with van der Waals surface area (Å²) in [6, 6.07) is 8.13. The summed E-state index contributed by atoms with van der Waals surface area (Å²) in [4.78, 5) is 12.3. The zero-order valence-corrected chi connectivity index (χ0v) is 10.9. The molecule has 1 saturated carbocycles. The van der Waals surface area contributed by atoms with Crippen molar-refractivity contribution in [3.63, 3.8) is 0 Å². The first-order valence-electron chi connectivity index (χ1n) is 6.38. The van der Waals surface area contributed by atoms with E-state index in [2.05, 4.69) is 11.4 Å². The molecule has 2 rings (SSSR count). The molecule has 0 spiro atoms. The number of carbonyl (C=O) groups is 1. The number of anilines is 1. The smallest absolute Gasteiger partial charge is 0.244 e. The van der Waals surface area contributed by atoms with E-state index in [-0.39, 0.29) is 5.91 Å². The number of nitriles is 1. The van der Waals surface area contributed by atoms with Crippen molar-refractivity contribution in [3.05, 3.63) is 29.3 Å². The van der Waals surface area contributed by atoms with Crippen LogP contribution in [0.25, 0.3) is 0 Å². The van der Waals surface area contributed by atoms with Gasteiger partial charge in [-0.3, -0.25) is 4.79 Å². The van der Waals surface area contributed by atoms with Crippen LogP contribution in [0, 0.1) is 30.6 Å². The zero-order chi connectivity index (χ0) is 13.2. The maximum atomic E-state index is 12.3. The van der Waals surface area contributed by atoms with Crippen molar-refractivity contribution in [2.75, 3.05) is 5.32 Å². The van der Waals surface area contributed by atoms with Crippen molar-refractivity contribution in [1.82, 2.24) is 0 Å². The average Bonchev–Trinajstić information content (AvgIpc) is 2.84. The first-order valence-corrected chi connectivity index (χ1v) is 6.38. The van der Waals surface area contributed by atoms with Gasteiger partial charge in [0.25, 0.3) is 0 Å². The summed E-state index contributed by atoms with van der Waals surface area (Å²) >= 11 is 0. The molecule has 1 aromatic carbocycles. The summed E-state index contributed by atoms with van der Waals surface area (Å²) in [6.07, 6.45) is 3.29. The van der Waals surface area contributed by atoms with Crippen LogP contribution in [-0.2, 0) is 4.79 Å². The summed E-state index contributed by atoms with van der Waals surface area (Å²) in [5.74, 6) is -0.139. The molecule has 1 aliphatic rings. The molecule has 1 N–H and O–H groups in total. The van der Waals surface area contributed by atoms with Gasteiger partial charge in [-0.25, -0.2) is 0 Å². The minimum atomic E-state index is -0.811. The number of hydrogen-bond donors (Lipinski definition) is 1. The van der Waals surface area contributed by atoms with Crippen molar-refractivity contribution in [1.29, 1.82) is 5.26 Å². The molecule has 94 valence electrons. The van der Waals surface area contributed by atoms with Crippen LogP contribution in [0.1, 0.15) is 36.8 Å². The highest BCUT2D eigenvalue weighted by Gasteiger charge is 2.41. The van der Waals surface area contributed by atoms with E-state index in [0.29, 0.717) is 12.8 Å². The fourth-order valence-corrected chi connectivity index (χ4v) is 2.61. The predicted molar refractivity (Wildman–Crippen MR) is 71.1 cm³/mol. The Hall–Kier alpha value is -1.82. The van der Waals surface area contributed by atoms with Gasteiger partial charge in [0.15, 0.2) is 0 Å². The molecular formula is C15H18N2O. The molecule has 3 nitrogen and oxygen atoms in total. The Morgan fingerprint density at radius 3 is 2.33 bits per heavy atom. The van der Waals surface area contributed by atoms with Crippen molar-refractivity contribution in [2.24, 2.45) is 5.41 Å². The number of nitrogens with one attached hydrogen (secondary N) is 1. The van der Waals surface area contributed by atoms with Crippen LogP contribution in [0.5, 0.6) is 0 Å². The molecule has 0 saturated heterocycles. The van der Waals surface area contributed by atoms with Crippen LogP contribution >= 0.6 is 0 Å². The van der Waals surface area contributed by atoms with E-state index in [9.17, 15) is 10.1 Å². The van der Waals surface area contributed by atoms with Crippen LogP contribution in [0.15, 0.2) is 18.2 Å². The Balaban J connectivity index is 2.24. The number of amides is 1. The summed E-state index contributed by atoms with van der Waals surface area (Å²) in [5.41, 5.74) is 2.11. The number of hydrogen-bond acceptors (Lipinski definition) is 2. The maximum Gasteiger partial charge on any atom is 0.244 e. The zero-order valence-electron chi connectivity index (χ0n) is 10.9. The molecule has 0 heterocycles.